The van der Waals surface area contributed by atoms with Gasteiger partial charge in [-0.05, 0) is 41.4 Å². The summed E-state index contributed by atoms with van der Waals surface area (Å²) in [5.74, 6) is 0.0824. The summed E-state index contributed by atoms with van der Waals surface area (Å²) in [6, 6.07) is 22.6. The fraction of sp³-hybridized carbons (Fsp3) is 0.250. The third-order valence-electron chi connectivity index (χ3n) is 5.70. The Balaban J connectivity index is 1.58. The molecule has 4 nitrogen and oxygen atoms in total. The molecule has 1 N–H and O–H groups in total. The van der Waals surface area contributed by atoms with Gasteiger partial charge >= 0.3 is 0 Å². The zero-order valence-corrected chi connectivity index (χ0v) is 16.1. The first kappa shape index (κ1) is 18.4. The summed E-state index contributed by atoms with van der Waals surface area (Å²) < 4.78 is 0. The van der Waals surface area contributed by atoms with Crippen LogP contribution in [0.25, 0.3) is 0 Å². The molecule has 28 heavy (non-hydrogen) atoms. The number of carbonyl (C=O) groups excluding carboxylic acids is 1. The molecule has 1 amide bonds. The number of hydrogen-bond acceptors (Lipinski definition) is 3. The smallest absolute Gasteiger partial charge is 0.241 e. The van der Waals surface area contributed by atoms with Gasteiger partial charge in [-0.2, -0.15) is 0 Å². The molecular formula is C24H25N3O. The summed E-state index contributed by atoms with van der Waals surface area (Å²) in [5.41, 5.74) is 4.22. The molecule has 1 heterocycles. The standard InChI is InChI=1S/C24H25N3O/c1-27(18-20-7-3-2-4-8-20)24(15-21-9-5-6-10-22(21)16-24)23(28)26-17-19-11-13-25-14-12-19/h2-14H,15-18H2,1H3,(H,26,28). The highest BCUT2D eigenvalue weighted by Gasteiger charge is 2.46. The van der Waals surface area contributed by atoms with E-state index >= 15 is 0 Å². The topological polar surface area (TPSA) is 45.2 Å². The zero-order chi connectivity index (χ0) is 19.4. The lowest BCUT2D eigenvalue weighted by atomic mass is 9.91. The van der Waals surface area contributed by atoms with Gasteiger partial charge in [0, 0.05) is 38.3 Å². The Morgan fingerprint density at radius 1 is 0.929 bits per heavy atom. The normalized spacial score (nSPS) is 14.6. The van der Waals surface area contributed by atoms with E-state index in [1.54, 1.807) is 12.4 Å². The van der Waals surface area contributed by atoms with Gasteiger partial charge in [0.05, 0.1) is 0 Å². The summed E-state index contributed by atoms with van der Waals surface area (Å²) in [4.78, 5) is 19.7. The molecule has 0 spiro atoms. The number of amides is 1. The van der Waals surface area contributed by atoms with E-state index in [0.717, 1.165) is 24.9 Å². The Hall–Kier alpha value is -2.98. The molecule has 0 bridgehead atoms. The Bertz CT molecular complexity index is 915. The number of aromatic nitrogens is 1. The van der Waals surface area contributed by atoms with Gasteiger partial charge in [-0.25, -0.2) is 0 Å². The fourth-order valence-electron chi connectivity index (χ4n) is 4.05. The van der Waals surface area contributed by atoms with Crippen LogP contribution >= 0.6 is 0 Å². The van der Waals surface area contributed by atoms with Gasteiger partial charge < -0.3 is 5.32 Å². The third-order valence-corrected chi connectivity index (χ3v) is 5.70. The predicted octanol–water partition coefficient (Wildman–Crippen LogP) is 3.37. The SMILES string of the molecule is CN(Cc1ccccc1)C1(C(=O)NCc2ccncc2)Cc2ccccc2C1. The number of fused-ring (bicyclic) bond motifs is 1. The van der Waals surface area contributed by atoms with Crippen molar-refractivity contribution in [1.29, 1.82) is 0 Å². The van der Waals surface area contributed by atoms with Gasteiger partial charge in [-0.15, -0.1) is 0 Å². The molecule has 4 heteroatoms. The molecule has 2 aromatic carbocycles. The largest absolute Gasteiger partial charge is 0.350 e. The second-order valence-corrected chi connectivity index (χ2v) is 7.53. The number of hydrogen-bond donors (Lipinski definition) is 1. The van der Waals surface area contributed by atoms with Crippen molar-refractivity contribution in [2.45, 2.75) is 31.5 Å². The average molecular weight is 371 g/mol. The average Bonchev–Trinajstić information content (AvgIpc) is 3.14. The Morgan fingerprint density at radius 2 is 1.54 bits per heavy atom. The van der Waals surface area contributed by atoms with E-state index in [4.69, 9.17) is 0 Å². The maximum Gasteiger partial charge on any atom is 0.241 e. The minimum atomic E-state index is -0.577. The molecule has 1 aliphatic carbocycles. The first-order valence-electron chi connectivity index (χ1n) is 9.66. The number of carbonyl (C=O) groups is 1. The van der Waals surface area contributed by atoms with E-state index in [0.29, 0.717) is 6.54 Å². The molecule has 0 atom stereocenters. The molecule has 3 aromatic rings. The van der Waals surface area contributed by atoms with Gasteiger partial charge in [0.25, 0.3) is 0 Å². The van der Waals surface area contributed by atoms with E-state index in [1.807, 2.05) is 30.3 Å². The van der Waals surface area contributed by atoms with E-state index in [2.05, 4.69) is 58.6 Å². The van der Waals surface area contributed by atoms with Gasteiger partial charge in [0.1, 0.15) is 5.54 Å². The Labute approximate surface area is 166 Å². The first-order valence-corrected chi connectivity index (χ1v) is 9.66. The quantitative estimate of drug-likeness (QED) is 0.723. The second kappa shape index (κ2) is 7.95. The molecule has 1 aliphatic rings. The number of pyridine rings is 1. The third kappa shape index (κ3) is 3.69. The predicted molar refractivity (Wildman–Crippen MR) is 111 cm³/mol. The van der Waals surface area contributed by atoms with Crippen molar-refractivity contribution in [2.24, 2.45) is 0 Å². The summed E-state index contributed by atoms with van der Waals surface area (Å²) in [6.45, 7) is 1.25. The van der Waals surface area contributed by atoms with Crippen molar-refractivity contribution in [3.8, 4) is 0 Å². The van der Waals surface area contributed by atoms with Crippen LogP contribution in [0.15, 0.2) is 79.1 Å². The van der Waals surface area contributed by atoms with E-state index in [1.165, 1.54) is 16.7 Å². The highest BCUT2D eigenvalue weighted by atomic mass is 16.2. The monoisotopic (exact) mass is 371 g/mol. The van der Waals surface area contributed by atoms with Gasteiger partial charge in [0.15, 0.2) is 0 Å². The lowest BCUT2D eigenvalue weighted by molar-refractivity contribution is -0.133. The Kier molecular flexibility index (Phi) is 5.22. The Morgan fingerprint density at radius 3 is 2.18 bits per heavy atom. The van der Waals surface area contributed by atoms with Gasteiger partial charge in [-0.1, -0.05) is 54.6 Å². The fourth-order valence-corrected chi connectivity index (χ4v) is 4.05. The molecular weight excluding hydrogens is 346 g/mol. The van der Waals surface area contributed by atoms with E-state index in [-0.39, 0.29) is 5.91 Å². The lowest BCUT2D eigenvalue weighted by Crippen LogP contribution is -2.58. The van der Waals surface area contributed by atoms with Crippen molar-refractivity contribution in [3.05, 3.63) is 101 Å². The molecule has 1 aromatic heterocycles. The maximum atomic E-state index is 13.5. The number of nitrogens with one attached hydrogen (secondary N) is 1. The molecule has 0 fully saturated rings. The van der Waals surface area contributed by atoms with Crippen LogP contribution in [0.5, 0.6) is 0 Å². The summed E-state index contributed by atoms with van der Waals surface area (Å²) in [7, 11) is 2.06. The molecule has 0 unspecified atom stereocenters. The molecule has 4 rings (SSSR count). The van der Waals surface area contributed by atoms with Crippen LogP contribution in [-0.2, 0) is 30.7 Å². The van der Waals surface area contributed by atoms with Crippen LogP contribution in [0, 0.1) is 0 Å². The number of rotatable bonds is 6. The minimum Gasteiger partial charge on any atom is -0.350 e. The zero-order valence-electron chi connectivity index (χ0n) is 16.1. The first-order chi connectivity index (χ1) is 13.7. The highest BCUT2D eigenvalue weighted by Crippen LogP contribution is 2.35. The van der Waals surface area contributed by atoms with Crippen LogP contribution in [0.3, 0.4) is 0 Å². The molecule has 0 saturated heterocycles. The summed E-state index contributed by atoms with van der Waals surface area (Å²) >= 11 is 0. The van der Waals surface area contributed by atoms with E-state index in [9.17, 15) is 4.79 Å². The number of benzene rings is 2. The van der Waals surface area contributed by atoms with Crippen LogP contribution in [0.2, 0.25) is 0 Å². The van der Waals surface area contributed by atoms with Crippen LogP contribution in [-0.4, -0.2) is 28.4 Å². The van der Waals surface area contributed by atoms with Crippen LogP contribution in [0.1, 0.15) is 22.3 Å². The van der Waals surface area contributed by atoms with Crippen molar-refractivity contribution in [1.82, 2.24) is 15.2 Å². The maximum absolute atomic E-state index is 13.5. The molecule has 0 aliphatic heterocycles. The van der Waals surface area contributed by atoms with Crippen molar-refractivity contribution in [2.75, 3.05) is 7.05 Å². The summed E-state index contributed by atoms with van der Waals surface area (Å²) in [5, 5.41) is 3.17. The highest BCUT2D eigenvalue weighted by molar-refractivity contribution is 5.88. The van der Waals surface area contributed by atoms with Gasteiger partial charge in [-0.3, -0.25) is 14.7 Å². The van der Waals surface area contributed by atoms with Gasteiger partial charge in [0.2, 0.25) is 5.91 Å². The summed E-state index contributed by atoms with van der Waals surface area (Å²) in [6.07, 6.45) is 4.97. The molecule has 0 saturated carbocycles. The lowest BCUT2D eigenvalue weighted by Gasteiger charge is -2.37. The van der Waals surface area contributed by atoms with Crippen molar-refractivity contribution < 1.29 is 4.79 Å². The molecule has 142 valence electrons. The van der Waals surface area contributed by atoms with Crippen molar-refractivity contribution >= 4 is 5.91 Å². The number of likely N-dealkylation sites (N-methyl/N-ethyl adjacent to an activating group) is 1. The van der Waals surface area contributed by atoms with Crippen LogP contribution < -0.4 is 5.32 Å². The second-order valence-electron chi connectivity index (χ2n) is 7.53. The molecule has 0 radical (unpaired) electrons. The minimum absolute atomic E-state index is 0.0824. The number of nitrogens with zero attached hydrogens (tertiary/aromatic N) is 2. The van der Waals surface area contributed by atoms with Crippen molar-refractivity contribution in [3.63, 3.8) is 0 Å². The van der Waals surface area contributed by atoms with E-state index < -0.39 is 5.54 Å². The van der Waals surface area contributed by atoms with Crippen LogP contribution in [0.4, 0.5) is 0 Å².